The molecule has 0 aliphatic rings. The molecule has 152 valence electrons. The lowest BCUT2D eigenvalue weighted by atomic mass is 10.2. The van der Waals surface area contributed by atoms with Crippen LogP contribution in [-0.4, -0.2) is 40.9 Å². The van der Waals surface area contributed by atoms with Crippen LogP contribution in [0.4, 0.5) is 4.79 Å². The van der Waals surface area contributed by atoms with Gasteiger partial charge in [-0.25, -0.2) is 9.48 Å². The zero-order chi connectivity index (χ0) is 20.8. The van der Waals surface area contributed by atoms with Gasteiger partial charge in [0.1, 0.15) is 12.4 Å². The number of amides is 2. The van der Waals surface area contributed by atoms with Crippen molar-refractivity contribution in [3.05, 3.63) is 77.1 Å². The molecule has 3 aromatic rings. The Morgan fingerprint density at radius 2 is 1.86 bits per heavy atom. The number of para-hydroxylation sites is 1. The average Bonchev–Trinajstić information content (AvgIpc) is 3.00. The normalized spacial score (nSPS) is 10.6. The Morgan fingerprint density at radius 1 is 1.10 bits per heavy atom. The highest BCUT2D eigenvalue weighted by atomic mass is 16.5. The van der Waals surface area contributed by atoms with E-state index in [1.54, 1.807) is 11.9 Å². The van der Waals surface area contributed by atoms with Crippen LogP contribution < -0.4 is 10.1 Å². The number of benzene rings is 2. The third kappa shape index (κ3) is 5.16. The molecular formula is C23H28N4O2. The van der Waals surface area contributed by atoms with Gasteiger partial charge in [0.05, 0.1) is 17.9 Å². The Kier molecular flexibility index (Phi) is 6.54. The maximum Gasteiger partial charge on any atom is 0.317 e. The number of likely N-dealkylation sites (N-methyl/N-ethyl adjacent to an activating group) is 1. The largest absolute Gasteiger partial charge is 0.492 e. The Bertz CT molecular complexity index is 966. The van der Waals surface area contributed by atoms with E-state index < -0.39 is 0 Å². The zero-order valence-electron chi connectivity index (χ0n) is 17.5. The van der Waals surface area contributed by atoms with Crippen molar-refractivity contribution >= 4 is 6.03 Å². The molecule has 6 nitrogen and oxygen atoms in total. The van der Waals surface area contributed by atoms with Gasteiger partial charge in [-0.05, 0) is 50.6 Å². The van der Waals surface area contributed by atoms with Crippen LogP contribution in [0.25, 0.3) is 5.69 Å². The van der Waals surface area contributed by atoms with Crippen LogP contribution in [0.3, 0.4) is 0 Å². The second kappa shape index (κ2) is 9.28. The van der Waals surface area contributed by atoms with Crippen molar-refractivity contribution in [3.63, 3.8) is 0 Å². The Morgan fingerprint density at radius 3 is 2.59 bits per heavy atom. The average molecular weight is 393 g/mol. The van der Waals surface area contributed by atoms with E-state index in [9.17, 15) is 4.79 Å². The van der Waals surface area contributed by atoms with E-state index in [-0.39, 0.29) is 6.03 Å². The molecule has 1 heterocycles. The summed E-state index contributed by atoms with van der Waals surface area (Å²) in [7, 11) is 1.77. The molecule has 0 fully saturated rings. The van der Waals surface area contributed by atoms with Crippen molar-refractivity contribution in [2.75, 3.05) is 20.2 Å². The third-order valence-electron chi connectivity index (χ3n) is 4.89. The SMILES string of the molecule is Cc1cccc(OCCN(C)C(=O)NCc2c(C)nn(-c3ccccc3)c2C)c1. The maximum absolute atomic E-state index is 12.4. The number of nitrogens with one attached hydrogen (secondary N) is 1. The van der Waals surface area contributed by atoms with Gasteiger partial charge < -0.3 is 15.0 Å². The molecule has 29 heavy (non-hydrogen) atoms. The van der Waals surface area contributed by atoms with Crippen molar-refractivity contribution in [1.29, 1.82) is 0 Å². The first-order chi connectivity index (χ1) is 14.0. The number of carbonyl (C=O) groups excluding carboxylic acids is 1. The maximum atomic E-state index is 12.4. The van der Waals surface area contributed by atoms with Crippen molar-refractivity contribution in [2.45, 2.75) is 27.3 Å². The minimum absolute atomic E-state index is 0.135. The molecule has 0 unspecified atom stereocenters. The molecule has 1 N–H and O–H groups in total. The molecule has 1 aromatic heterocycles. The number of hydrogen-bond acceptors (Lipinski definition) is 3. The summed E-state index contributed by atoms with van der Waals surface area (Å²) in [6, 6.07) is 17.7. The Hall–Kier alpha value is -3.28. The summed E-state index contributed by atoms with van der Waals surface area (Å²) in [5, 5.41) is 7.61. The van der Waals surface area contributed by atoms with Crippen LogP contribution in [-0.2, 0) is 6.54 Å². The number of hydrogen-bond donors (Lipinski definition) is 1. The Labute approximate surface area is 172 Å². The van der Waals surface area contributed by atoms with Gasteiger partial charge in [0.15, 0.2) is 0 Å². The predicted molar refractivity (Wildman–Crippen MR) is 115 cm³/mol. The summed E-state index contributed by atoms with van der Waals surface area (Å²) >= 11 is 0. The van der Waals surface area contributed by atoms with Crippen molar-refractivity contribution < 1.29 is 9.53 Å². The van der Waals surface area contributed by atoms with Crippen molar-refractivity contribution in [2.24, 2.45) is 0 Å². The van der Waals surface area contributed by atoms with Crippen LogP contribution in [0.5, 0.6) is 5.75 Å². The number of nitrogens with zero attached hydrogens (tertiary/aromatic N) is 3. The van der Waals surface area contributed by atoms with Crippen LogP contribution >= 0.6 is 0 Å². The fourth-order valence-electron chi connectivity index (χ4n) is 3.16. The van der Waals surface area contributed by atoms with Crippen LogP contribution in [0, 0.1) is 20.8 Å². The molecular weight excluding hydrogens is 364 g/mol. The quantitative estimate of drug-likeness (QED) is 0.661. The second-order valence-electron chi connectivity index (χ2n) is 7.14. The first kappa shape index (κ1) is 20.5. The van der Waals surface area contributed by atoms with Gasteiger partial charge in [-0.1, -0.05) is 30.3 Å². The lowest BCUT2D eigenvalue weighted by Gasteiger charge is -2.18. The van der Waals surface area contributed by atoms with E-state index in [1.807, 2.05) is 80.1 Å². The monoisotopic (exact) mass is 392 g/mol. The van der Waals surface area contributed by atoms with Gasteiger partial charge in [-0.15, -0.1) is 0 Å². The first-order valence-corrected chi connectivity index (χ1v) is 9.74. The standard InChI is InChI=1S/C23H28N4O2/c1-17-9-8-12-21(15-17)29-14-13-26(4)23(28)24-16-22-18(2)25-27(19(22)3)20-10-6-5-7-11-20/h5-12,15H,13-14,16H2,1-4H3,(H,24,28). The fraction of sp³-hybridized carbons (Fsp3) is 0.304. The molecule has 0 bridgehead atoms. The third-order valence-corrected chi connectivity index (χ3v) is 4.89. The fourth-order valence-corrected chi connectivity index (χ4v) is 3.16. The molecule has 0 atom stereocenters. The highest BCUT2D eigenvalue weighted by Gasteiger charge is 2.15. The lowest BCUT2D eigenvalue weighted by molar-refractivity contribution is 0.195. The van der Waals surface area contributed by atoms with E-state index in [0.717, 1.165) is 34.0 Å². The molecule has 2 aromatic carbocycles. The smallest absolute Gasteiger partial charge is 0.317 e. The predicted octanol–water partition coefficient (Wildman–Crippen LogP) is 4.02. The van der Waals surface area contributed by atoms with Crippen molar-refractivity contribution in [1.82, 2.24) is 20.0 Å². The molecule has 0 spiro atoms. The van der Waals surface area contributed by atoms with E-state index in [2.05, 4.69) is 10.4 Å². The summed E-state index contributed by atoms with van der Waals surface area (Å²) in [6.45, 7) is 7.39. The van der Waals surface area contributed by atoms with Crippen LogP contribution in [0.1, 0.15) is 22.5 Å². The van der Waals surface area contributed by atoms with E-state index in [4.69, 9.17) is 4.74 Å². The number of rotatable bonds is 7. The number of urea groups is 1. The topological polar surface area (TPSA) is 59.4 Å². The summed E-state index contributed by atoms with van der Waals surface area (Å²) < 4.78 is 7.64. The lowest BCUT2D eigenvalue weighted by Crippen LogP contribution is -2.39. The molecule has 0 aliphatic carbocycles. The number of ether oxygens (including phenoxy) is 1. The van der Waals surface area contributed by atoms with Gasteiger partial charge in [-0.3, -0.25) is 0 Å². The van der Waals surface area contributed by atoms with Crippen molar-refractivity contribution in [3.8, 4) is 11.4 Å². The van der Waals surface area contributed by atoms with E-state index >= 15 is 0 Å². The zero-order valence-corrected chi connectivity index (χ0v) is 17.5. The molecule has 0 radical (unpaired) electrons. The summed E-state index contributed by atoms with van der Waals surface area (Å²) in [5.41, 5.74) is 5.13. The van der Waals surface area contributed by atoms with E-state index in [1.165, 1.54) is 0 Å². The minimum atomic E-state index is -0.135. The highest BCUT2D eigenvalue weighted by Crippen LogP contribution is 2.17. The Balaban J connectivity index is 1.53. The molecule has 0 aliphatic heterocycles. The second-order valence-corrected chi connectivity index (χ2v) is 7.14. The minimum Gasteiger partial charge on any atom is -0.492 e. The van der Waals surface area contributed by atoms with Gasteiger partial charge >= 0.3 is 6.03 Å². The summed E-state index contributed by atoms with van der Waals surface area (Å²) in [4.78, 5) is 14.1. The van der Waals surface area contributed by atoms with Crippen LogP contribution in [0.2, 0.25) is 0 Å². The number of carbonyl (C=O) groups is 1. The summed E-state index contributed by atoms with van der Waals surface area (Å²) in [6.07, 6.45) is 0. The molecule has 0 saturated carbocycles. The van der Waals surface area contributed by atoms with Gasteiger partial charge in [0.2, 0.25) is 0 Å². The summed E-state index contributed by atoms with van der Waals surface area (Å²) in [5.74, 6) is 0.818. The van der Waals surface area contributed by atoms with Crippen LogP contribution in [0.15, 0.2) is 54.6 Å². The van der Waals surface area contributed by atoms with Gasteiger partial charge in [0, 0.05) is 24.8 Å². The van der Waals surface area contributed by atoms with Gasteiger partial charge in [-0.2, -0.15) is 5.10 Å². The molecule has 3 rings (SSSR count). The first-order valence-electron chi connectivity index (χ1n) is 9.74. The highest BCUT2D eigenvalue weighted by molar-refractivity contribution is 5.73. The molecule has 2 amide bonds. The number of aryl methyl sites for hydroxylation is 2. The molecule has 6 heteroatoms. The molecule has 0 saturated heterocycles. The number of aromatic nitrogens is 2. The van der Waals surface area contributed by atoms with Gasteiger partial charge in [0.25, 0.3) is 0 Å². The van der Waals surface area contributed by atoms with E-state index in [0.29, 0.717) is 19.7 Å².